The zero-order chi connectivity index (χ0) is 13.0. The van der Waals surface area contributed by atoms with Crippen LogP contribution in [-0.4, -0.2) is 63.9 Å². The number of rotatable bonds is 4. The number of thioether (sulfide) groups is 1. The number of hydrogen-bond donors (Lipinski definition) is 3. The van der Waals surface area contributed by atoms with E-state index in [4.69, 9.17) is 0 Å². The maximum absolute atomic E-state index is 11.7. The monoisotopic (exact) mass is 273 g/mol. The van der Waals surface area contributed by atoms with E-state index < -0.39 is 4.75 Å². The number of aliphatic hydroxyl groups excluding tert-OH is 2. The Bertz CT molecular complexity index is 338. The highest BCUT2D eigenvalue weighted by Gasteiger charge is 2.46. The van der Waals surface area contributed by atoms with Gasteiger partial charge in [-0.05, 0) is 25.9 Å². The van der Waals surface area contributed by atoms with Crippen LogP contribution >= 0.6 is 11.8 Å². The number of nitrogens with one attached hydrogen (secondary N) is 1. The number of likely N-dealkylation sites (tertiary alicyclic amines) is 1. The average Bonchev–Trinajstić information content (AvgIpc) is 2.74. The largest absolute Gasteiger partial charge is 0.394 e. The Balaban J connectivity index is 1.92. The SMILES string of the molecule is O=C1N/C(=N\CN2CCCCC2)SC1(CO)CO. The van der Waals surface area contributed by atoms with Crippen molar-refractivity contribution in [3.63, 3.8) is 0 Å². The average molecular weight is 273 g/mol. The number of carbonyl (C=O) groups is 1. The first-order chi connectivity index (χ1) is 8.70. The van der Waals surface area contributed by atoms with Gasteiger partial charge in [-0.25, -0.2) is 4.99 Å². The highest BCUT2D eigenvalue weighted by molar-refractivity contribution is 8.16. The van der Waals surface area contributed by atoms with Gasteiger partial charge >= 0.3 is 0 Å². The lowest BCUT2D eigenvalue weighted by Gasteiger charge is -2.24. The molecule has 3 N–H and O–H groups in total. The maximum Gasteiger partial charge on any atom is 0.247 e. The lowest BCUT2D eigenvalue weighted by atomic mass is 10.1. The van der Waals surface area contributed by atoms with Crippen molar-refractivity contribution in [3.05, 3.63) is 0 Å². The molecule has 0 atom stereocenters. The third-order valence-electron chi connectivity index (χ3n) is 3.30. The number of piperidine rings is 1. The molecule has 7 heteroatoms. The summed E-state index contributed by atoms with van der Waals surface area (Å²) in [4.78, 5) is 18.3. The molecule has 0 aromatic heterocycles. The number of amidine groups is 1. The molecule has 2 rings (SSSR count). The van der Waals surface area contributed by atoms with E-state index in [1.165, 1.54) is 19.3 Å². The van der Waals surface area contributed by atoms with Crippen LogP contribution in [0.1, 0.15) is 19.3 Å². The normalized spacial score (nSPS) is 26.6. The van der Waals surface area contributed by atoms with Gasteiger partial charge in [0, 0.05) is 0 Å². The van der Waals surface area contributed by atoms with Crippen LogP contribution in [0.5, 0.6) is 0 Å². The van der Waals surface area contributed by atoms with Crippen molar-refractivity contribution in [2.45, 2.75) is 24.0 Å². The van der Waals surface area contributed by atoms with Gasteiger partial charge in [0.25, 0.3) is 0 Å². The van der Waals surface area contributed by atoms with E-state index in [1.54, 1.807) is 0 Å². The summed E-state index contributed by atoms with van der Waals surface area (Å²) < 4.78 is -1.17. The Kier molecular flexibility index (Phi) is 4.60. The fourth-order valence-corrected chi connectivity index (χ4v) is 2.97. The fraction of sp³-hybridized carbons (Fsp3) is 0.818. The van der Waals surface area contributed by atoms with E-state index in [0.29, 0.717) is 11.8 Å². The first kappa shape index (κ1) is 13.8. The molecule has 2 fully saturated rings. The topological polar surface area (TPSA) is 85.2 Å². The van der Waals surface area contributed by atoms with Crippen LogP contribution in [0.15, 0.2) is 4.99 Å². The molecular formula is C11H19N3O3S. The number of aliphatic hydroxyl groups is 2. The van der Waals surface area contributed by atoms with E-state index in [0.717, 1.165) is 24.9 Å². The standard InChI is InChI=1S/C11H19N3O3S/c15-6-11(7-16)9(17)13-10(18-11)12-8-14-4-2-1-3-5-14/h15-16H,1-8H2,(H,12,13,17). The predicted octanol–water partition coefficient (Wildman–Crippen LogP) is -0.628. The second-order valence-corrected chi connectivity index (χ2v) is 6.02. The van der Waals surface area contributed by atoms with Crippen LogP contribution in [0.2, 0.25) is 0 Å². The fourth-order valence-electron chi connectivity index (χ4n) is 2.06. The first-order valence-corrected chi connectivity index (χ1v) is 7.01. The summed E-state index contributed by atoms with van der Waals surface area (Å²) in [5, 5.41) is 21.5. The number of nitrogens with zero attached hydrogens (tertiary/aromatic N) is 2. The molecule has 0 saturated carbocycles. The van der Waals surface area contributed by atoms with E-state index in [9.17, 15) is 15.0 Å². The Morgan fingerprint density at radius 1 is 1.28 bits per heavy atom. The molecule has 0 aromatic rings. The van der Waals surface area contributed by atoms with Crippen LogP contribution in [0, 0.1) is 0 Å². The lowest BCUT2D eigenvalue weighted by molar-refractivity contribution is -0.123. The summed E-state index contributed by atoms with van der Waals surface area (Å²) in [6.45, 7) is 1.88. The second kappa shape index (κ2) is 6.01. The highest BCUT2D eigenvalue weighted by atomic mass is 32.2. The number of aliphatic imine (C=N–C) groups is 1. The Morgan fingerprint density at radius 2 is 1.94 bits per heavy atom. The van der Waals surface area contributed by atoms with Crippen molar-refractivity contribution in [1.29, 1.82) is 0 Å². The minimum atomic E-state index is -1.17. The molecule has 6 nitrogen and oxygen atoms in total. The molecule has 2 aliphatic heterocycles. The summed E-state index contributed by atoms with van der Waals surface area (Å²) >= 11 is 1.12. The van der Waals surface area contributed by atoms with E-state index >= 15 is 0 Å². The minimum Gasteiger partial charge on any atom is -0.394 e. The molecule has 1 amide bonds. The van der Waals surface area contributed by atoms with Gasteiger partial charge in [0.15, 0.2) is 5.17 Å². The van der Waals surface area contributed by atoms with Gasteiger partial charge in [0.05, 0.1) is 19.9 Å². The molecule has 0 unspecified atom stereocenters. The Hall–Kier alpha value is -0.630. The van der Waals surface area contributed by atoms with Crippen LogP contribution in [0.3, 0.4) is 0 Å². The summed E-state index contributed by atoms with van der Waals surface area (Å²) in [7, 11) is 0. The number of hydrogen-bond acceptors (Lipinski definition) is 6. The van der Waals surface area contributed by atoms with E-state index in [-0.39, 0.29) is 19.1 Å². The molecule has 0 aromatic carbocycles. The van der Waals surface area contributed by atoms with Crippen molar-refractivity contribution in [1.82, 2.24) is 10.2 Å². The summed E-state index contributed by atoms with van der Waals surface area (Å²) in [5.74, 6) is -0.366. The molecule has 2 heterocycles. The molecular weight excluding hydrogens is 254 g/mol. The second-order valence-electron chi connectivity index (χ2n) is 4.65. The Labute approximate surface area is 110 Å². The van der Waals surface area contributed by atoms with Crippen LogP contribution in [-0.2, 0) is 4.79 Å². The van der Waals surface area contributed by atoms with E-state index in [2.05, 4.69) is 15.2 Å². The number of carbonyl (C=O) groups excluding carboxylic acids is 1. The molecule has 0 spiro atoms. The van der Waals surface area contributed by atoms with Crippen LogP contribution in [0.4, 0.5) is 0 Å². The zero-order valence-electron chi connectivity index (χ0n) is 10.3. The summed E-state index contributed by atoms with van der Waals surface area (Å²) in [6, 6.07) is 0. The molecule has 0 bridgehead atoms. The van der Waals surface area contributed by atoms with Crippen molar-refractivity contribution in [2.75, 3.05) is 33.0 Å². The first-order valence-electron chi connectivity index (χ1n) is 6.19. The number of amides is 1. The highest BCUT2D eigenvalue weighted by Crippen LogP contribution is 2.31. The summed E-state index contributed by atoms with van der Waals surface area (Å²) in [6.07, 6.45) is 3.67. The van der Waals surface area contributed by atoms with Crippen molar-refractivity contribution in [3.8, 4) is 0 Å². The molecule has 0 radical (unpaired) electrons. The smallest absolute Gasteiger partial charge is 0.247 e. The zero-order valence-corrected chi connectivity index (χ0v) is 11.1. The van der Waals surface area contributed by atoms with Gasteiger partial charge in [-0.1, -0.05) is 18.2 Å². The van der Waals surface area contributed by atoms with Gasteiger partial charge in [-0.3, -0.25) is 9.69 Å². The van der Waals surface area contributed by atoms with Crippen LogP contribution < -0.4 is 5.32 Å². The van der Waals surface area contributed by atoms with Gasteiger partial charge in [-0.15, -0.1) is 0 Å². The third kappa shape index (κ3) is 2.85. The third-order valence-corrected chi connectivity index (χ3v) is 4.56. The molecule has 18 heavy (non-hydrogen) atoms. The van der Waals surface area contributed by atoms with Gasteiger partial charge in [0.2, 0.25) is 5.91 Å². The van der Waals surface area contributed by atoms with Gasteiger partial charge < -0.3 is 15.5 Å². The van der Waals surface area contributed by atoms with Crippen molar-refractivity contribution >= 4 is 22.8 Å². The lowest BCUT2D eigenvalue weighted by Crippen LogP contribution is -2.43. The Morgan fingerprint density at radius 3 is 2.50 bits per heavy atom. The van der Waals surface area contributed by atoms with E-state index in [1.807, 2.05) is 0 Å². The predicted molar refractivity (Wildman–Crippen MR) is 70.4 cm³/mol. The molecule has 2 aliphatic rings. The van der Waals surface area contributed by atoms with Gasteiger partial charge in [0.1, 0.15) is 4.75 Å². The molecule has 0 aliphatic carbocycles. The quantitative estimate of drug-likeness (QED) is 0.635. The van der Waals surface area contributed by atoms with Crippen LogP contribution in [0.25, 0.3) is 0 Å². The molecule has 102 valence electrons. The minimum absolute atomic E-state index is 0.366. The summed E-state index contributed by atoms with van der Waals surface area (Å²) in [5.41, 5.74) is 0. The maximum atomic E-state index is 11.7. The van der Waals surface area contributed by atoms with Crippen molar-refractivity contribution < 1.29 is 15.0 Å². The van der Waals surface area contributed by atoms with Crippen molar-refractivity contribution in [2.24, 2.45) is 4.99 Å². The molecule has 2 saturated heterocycles. The van der Waals surface area contributed by atoms with Gasteiger partial charge in [-0.2, -0.15) is 0 Å².